The van der Waals surface area contributed by atoms with Crippen LogP contribution in [0.4, 0.5) is 4.79 Å². The van der Waals surface area contributed by atoms with Crippen molar-refractivity contribution in [2.24, 2.45) is 5.92 Å². The third kappa shape index (κ3) is 7.11. The zero-order chi connectivity index (χ0) is 14.5. The van der Waals surface area contributed by atoms with Crippen molar-refractivity contribution < 1.29 is 24.5 Å². The maximum Gasteiger partial charge on any atom is 0.407 e. The second kappa shape index (κ2) is 6.58. The monoisotopic (exact) mass is 261 g/mol. The van der Waals surface area contributed by atoms with Crippen molar-refractivity contribution >= 4 is 12.1 Å². The van der Waals surface area contributed by atoms with Gasteiger partial charge in [-0.25, -0.2) is 4.79 Å². The van der Waals surface area contributed by atoms with Gasteiger partial charge in [0.05, 0.1) is 18.6 Å². The normalized spacial score (nSPS) is 15.1. The summed E-state index contributed by atoms with van der Waals surface area (Å²) in [6, 6.07) is -0.657. The molecule has 0 saturated heterocycles. The molecule has 0 aromatic carbocycles. The molecule has 0 unspecified atom stereocenters. The molecule has 0 aliphatic rings. The van der Waals surface area contributed by atoms with E-state index < -0.39 is 36.2 Å². The van der Waals surface area contributed by atoms with Crippen LogP contribution in [0.5, 0.6) is 0 Å². The van der Waals surface area contributed by atoms with Crippen LogP contribution in [0.3, 0.4) is 0 Å². The number of aliphatic carboxylic acids is 1. The maximum atomic E-state index is 11.6. The van der Waals surface area contributed by atoms with Crippen LogP contribution >= 0.6 is 0 Å². The Balaban J connectivity index is 4.54. The zero-order valence-electron chi connectivity index (χ0n) is 11.6. The predicted molar refractivity (Wildman–Crippen MR) is 66.3 cm³/mol. The Labute approximate surface area is 107 Å². The Hall–Kier alpha value is -1.30. The van der Waals surface area contributed by atoms with Crippen LogP contribution in [0.2, 0.25) is 0 Å². The first kappa shape index (κ1) is 16.7. The number of carboxylic acids is 1. The van der Waals surface area contributed by atoms with Crippen molar-refractivity contribution in [3.8, 4) is 0 Å². The first-order valence-corrected chi connectivity index (χ1v) is 5.92. The van der Waals surface area contributed by atoms with Crippen LogP contribution in [0.15, 0.2) is 0 Å². The number of amides is 1. The van der Waals surface area contributed by atoms with E-state index in [1.165, 1.54) is 0 Å². The fraction of sp³-hybridized carbons (Fsp3) is 0.833. The molecule has 0 spiro atoms. The van der Waals surface area contributed by atoms with Gasteiger partial charge in [0.15, 0.2) is 0 Å². The molecule has 0 aromatic rings. The zero-order valence-corrected chi connectivity index (χ0v) is 11.6. The minimum absolute atomic E-state index is 0.105. The maximum absolute atomic E-state index is 11.6. The molecule has 1 amide bonds. The van der Waals surface area contributed by atoms with Gasteiger partial charge in [0.2, 0.25) is 0 Å². The fourth-order valence-corrected chi connectivity index (χ4v) is 1.46. The van der Waals surface area contributed by atoms with E-state index in [4.69, 9.17) is 9.84 Å². The lowest BCUT2D eigenvalue weighted by Gasteiger charge is -2.28. The average Bonchev–Trinajstić information content (AvgIpc) is 2.09. The number of hydrogen-bond acceptors (Lipinski definition) is 4. The number of carbonyl (C=O) groups is 2. The summed E-state index contributed by atoms with van der Waals surface area (Å²) in [5, 5.41) is 20.9. The van der Waals surface area contributed by atoms with Gasteiger partial charge in [-0.3, -0.25) is 4.79 Å². The van der Waals surface area contributed by atoms with E-state index in [0.717, 1.165) is 0 Å². The molecule has 0 saturated carbocycles. The minimum atomic E-state index is -1.14. The van der Waals surface area contributed by atoms with E-state index in [0.29, 0.717) is 0 Å². The van der Waals surface area contributed by atoms with E-state index in [9.17, 15) is 14.7 Å². The highest BCUT2D eigenvalue weighted by Gasteiger charge is 2.28. The van der Waals surface area contributed by atoms with Crippen LogP contribution in [0, 0.1) is 5.92 Å². The third-order valence-corrected chi connectivity index (χ3v) is 2.20. The van der Waals surface area contributed by atoms with E-state index in [1.807, 2.05) is 0 Å². The Morgan fingerprint density at radius 1 is 1.28 bits per heavy atom. The summed E-state index contributed by atoms with van der Waals surface area (Å²) in [5.41, 5.74) is -0.636. The highest BCUT2D eigenvalue weighted by Crippen LogP contribution is 2.12. The molecule has 6 nitrogen and oxygen atoms in total. The second-order valence-corrected chi connectivity index (χ2v) is 5.58. The molecule has 2 atom stereocenters. The molecule has 18 heavy (non-hydrogen) atoms. The molecule has 0 rings (SSSR count). The topological polar surface area (TPSA) is 95.9 Å². The largest absolute Gasteiger partial charge is 0.481 e. The Kier molecular flexibility index (Phi) is 6.11. The fourth-order valence-electron chi connectivity index (χ4n) is 1.46. The highest BCUT2D eigenvalue weighted by atomic mass is 16.6. The minimum Gasteiger partial charge on any atom is -0.481 e. The number of alkyl carbamates (subject to hydrolysis) is 1. The number of hydrogen-bond donors (Lipinski definition) is 3. The lowest BCUT2D eigenvalue weighted by atomic mass is 9.96. The molecule has 0 aliphatic heterocycles. The summed E-state index contributed by atoms with van der Waals surface area (Å²) < 4.78 is 5.06. The van der Waals surface area contributed by atoms with Crippen LogP contribution in [-0.4, -0.2) is 40.0 Å². The van der Waals surface area contributed by atoms with Crippen LogP contribution in [-0.2, 0) is 9.53 Å². The Morgan fingerprint density at radius 2 is 1.78 bits per heavy atom. The molecular weight excluding hydrogens is 238 g/mol. The van der Waals surface area contributed by atoms with Gasteiger partial charge >= 0.3 is 12.1 Å². The summed E-state index contributed by atoms with van der Waals surface area (Å²) in [6.45, 7) is 8.75. The standard InChI is InChI=1S/C12H23NO5/c1-7(2)10(8(14)6-9(15)16)13-11(17)18-12(3,4)5/h7-8,10,14H,6H2,1-5H3,(H,13,17)(H,15,16)/t8-,10+/m1/s1. The predicted octanol–water partition coefficient (Wildman–Crippen LogP) is 1.37. The number of ether oxygens (including phenoxy) is 1. The van der Waals surface area contributed by atoms with Crippen molar-refractivity contribution in [1.82, 2.24) is 5.32 Å². The van der Waals surface area contributed by atoms with E-state index in [2.05, 4.69) is 5.32 Å². The SMILES string of the molecule is CC(C)[C@H](NC(=O)OC(C)(C)C)[C@H](O)CC(=O)O. The highest BCUT2D eigenvalue weighted by molar-refractivity contribution is 5.69. The molecule has 0 fully saturated rings. The second-order valence-electron chi connectivity index (χ2n) is 5.58. The van der Waals surface area contributed by atoms with E-state index >= 15 is 0 Å². The molecule has 0 heterocycles. The van der Waals surface area contributed by atoms with E-state index in [1.54, 1.807) is 34.6 Å². The summed E-state index contributed by atoms with van der Waals surface area (Å²) in [6.07, 6.45) is -2.22. The summed E-state index contributed by atoms with van der Waals surface area (Å²) >= 11 is 0. The van der Waals surface area contributed by atoms with Crippen molar-refractivity contribution in [2.75, 3.05) is 0 Å². The number of carbonyl (C=O) groups excluding carboxylic acids is 1. The molecule has 0 aromatic heterocycles. The van der Waals surface area contributed by atoms with Gasteiger partial charge < -0.3 is 20.3 Å². The smallest absolute Gasteiger partial charge is 0.407 e. The van der Waals surface area contributed by atoms with Crippen molar-refractivity contribution in [2.45, 2.75) is 58.8 Å². The van der Waals surface area contributed by atoms with Crippen LogP contribution < -0.4 is 5.32 Å². The summed E-state index contributed by atoms with van der Waals surface area (Å²) in [5.74, 6) is -1.22. The molecule has 0 radical (unpaired) electrons. The lowest BCUT2D eigenvalue weighted by Crippen LogP contribution is -2.49. The van der Waals surface area contributed by atoms with Crippen LogP contribution in [0.25, 0.3) is 0 Å². The Morgan fingerprint density at radius 3 is 2.11 bits per heavy atom. The molecule has 3 N–H and O–H groups in total. The molecular formula is C12H23NO5. The van der Waals surface area contributed by atoms with Gasteiger partial charge in [-0.05, 0) is 26.7 Å². The van der Waals surface area contributed by atoms with Crippen molar-refractivity contribution in [3.63, 3.8) is 0 Å². The molecule has 6 heteroatoms. The lowest BCUT2D eigenvalue weighted by molar-refractivity contribution is -0.139. The van der Waals surface area contributed by atoms with Crippen molar-refractivity contribution in [3.05, 3.63) is 0 Å². The van der Waals surface area contributed by atoms with Gasteiger partial charge in [0, 0.05) is 0 Å². The number of aliphatic hydroxyl groups excluding tert-OH is 1. The summed E-state index contributed by atoms with van der Waals surface area (Å²) in [7, 11) is 0. The van der Waals surface area contributed by atoms with Gasteiger partial charge in [-0.1, -0.05) is 13.8 Å². The first-order chi connectivity index (χ1) is 8.03. The number of nitrogens with one attached hydrogen (secondary N) is 1. The van der Waals surface area contributed by atoms with E-state index in [-0.39, 0.29) is 5.92 Å². The Bertz CT molecular complexity index is 295. The average molecular weight is 261 g/mol. The van der Waals surface area contributed by atoms with Crippen molar-refractivity contribution in [1.29, 1.82) is 0 Å². The van der Waals surface area contributed by atoms with Gasteiger partial charge in [0.25, 0.3) is 0 Å². The van der Waals surface area contributed by atoms with Gasteiger partial charge in [0.1, 0.15) is 5.60 Å². The molecule has 106 valence electrons. The van der Waals surface area contributed by atoms with Crippen LogP contribution in [0.1, 0.15) is 41.0 Å². The van der Waals surface area contributed by atoms with Gasteiger partial charge in [-0.2, -0.15) is 0 Å². The quantitative estimate of drug-likeness (QED) is 0.694. The number of rotatable bonds is 5. The number of aliphatic hydroxyl groups is 1. The summed E-state index contributed by atoms with van der Waals surface area (Å²) in [4.78, 5) is 22.1. The van der Waals surface area contributed by atoms with Gasteiger partial charge in [-0.15, -0.1) is 0 Å². The molecule has 0 bridgehead atoms. The number of carboxylic acid groups (broad SMARTS) is 1. The third-order valence-electron chi connectivity index (χ3n) is 2.20. The molecule has 0 aliphatic carbocycles. The first-order valence-electron chi connectivity index (χ1n) is 5.92.